The van der Waals surface area contributed by atoms with Gasteiger partial charge in [-0.05, 0) is 22.3 Å². The molecule has 0 heterocycles. The molecule has 0 saturated carbocycles. The largest absolute Gasteiger partial charge is 0.634 e. The molecule has 154 valence electrons. The van der Waals surface area contributed by atoms with Gasteiger partial charge in [0.2, 0.25) is 0 Å². The summed E-state index contributed by atoms with van der Waals surface area (Å²) in [6, 6.07) is 36.6. The Morgan fingerprint density at radius 3 is 1.06 bits per heavy atom. The lowest BCUT2D eigenvalue weighted by molar-refractivity contribution is -0.114. The third-order valence-corrected chi connectivity index (χ3v) is 5.54. The molecule has 4 rings (SSSR count). The van der Waals surface area contributed by atoms with Crippen molar-refractivity contribution in [1.82, 2.24) is 0 Å². The average Bonchev–Trinajstić information content (AvgIpc) is 2.84. The molecule has 0 aromatic heterocycles. The molecule has 0 aliphatic rings. The van der Waals surface area contributed by atoms with Crippen LogP contribution in [-0.4, -0.2) is 22.5 Å². The fourth-order valence-corrected chi connectivity index (χ4v) is 4.24. The molecule has 0 spiro atoms. The van der Waals surface area contributed by atoms with Gasteiger partial charge in [-0.25, -0.2) is 0 Å². The van der Waals surface area contributed by atoms with Crippen LogP contribution in [0.4, 0.5) is 0 Å². The number of hydrogen-bond donors (Lipinski definition) is 3. The highest BCUT2D eigenvalue weighted by molar-refractivity contribution is 6.33. The van der Waals surface area contributed by atoms with Crippen LogP contribution in [0.1, 0.15) is 22.3 Å². The standard InChI is InChI=1S/C26H23BO4/c28-25(21-13-5-1-6-14-21,22-15-7-2-8-16-22)26(31-27(29)30,23-17-9-3-10-18-23)24-19-11-4-12-20-24/h1-20,28-30H. The van der Waals surface area contributed by atoms with Crippen molar-refractivity contribution in [2.24, 2.45) is 0 Å². The van der Waals surface area contributed by atoms with E-state index in [0.717, 1.165) is 0 Å². The van der Waals surface area contributed by atoms with E-state index >= 15 is 0 Å². The molecule has 0 amide bonds. The third kappa shape index (κ3) is 3.69. The first-order chi connectivity index (χ1) is 15.1. The van der Waals surface area contributed by atoms with Crippen molar-refractivity contribution in [3.8, 4) is 0 Å². The highest BCUT2D eigenvalue weighted by Gasteiger charge is 2.57. The number of rotatable bonds is 7. The van der Waals surface area contributed by atoms with Gasteiger partial charge in [0.05, 0.1) is 0 Å². The van der Waals surface area contributed by atoms with E-state index < -0.39 is 18.5 Å². The van der Waals surface area contributed by atoms with Crippen LogP contribution in [0.25, 0.3) is 0 Å². The molecule has 0 atom stereocenters. The van der Waals surface area contributed by atoms with Crippen LogP contribution in [0.3, 0.4) is 0 Å². The van der Waals surface area contributed by atoms with Crippen molar-refractivity contribution < 1.29 is 19.8 Å². The summed E-state index contributed by atoms with van der Waals surface area (Å²) in [7, 11) is -2.14. The first-order valence-electron chi connectivity index (χ1n) is 10.1. The Balaban J connectivity index is 2.16. The summed E-state index contributed by atoms with van der Waals surface area (Å²) in [5.41, 5.74) is -1.23. The van der Waals surface area contributed by atoms with Crippen molar-refractivity contribution in [3.63, 3.8) is 0 Å². The maximum Gasteiger partial charge on any atom is 0.634 e. The van der Waals surface area contributed by atoms with Crippen LogP contribution >= 0.6 is 0 Å². The second-order valence-electron chi connectivity index (χ2n) is 7.30. The van der Waals surface area contributed by atoms with Gasteiger partial charge in [-0.2, -0.15) is 0 Å². The van der Waals surface area contributed by atoms with Gasteiger partial charge in [0.15, 0.2) is 5.60 Å². The average molecular weight is 410 g/mol. The summed E-state index contributed by atoms with van der Waals surface area (Å²) in [6.45, 7) is 0. The van der Waals surface area contributed by atoms with E-state index in [2.05, 4.69) is 0 Å². The molecular weight excluding hydrogens is 387 g/mol. The predicted molar refractivity (Wildman–Crippen MR) is 121 cm³/mol. The van der Waals surface area contributed by atoms with E-state index in [4.69, 9.17) is 4.65 Å². The SMILES string of the molecule is OB(O)OC(c1ccccc1)(c1ccccc1)C(O)(c1ccccc1)c1ccccc1. The Bertz CT molecular complexity index is 1010. The number of aliphatic hydroxyl groups is 1. The van der Waals surface area contributed by atoms with Gasteiger partial charge in [0, 0.05) is 0 Å². The normalized spacial score (nSPS) is 11.8. The highest BCUT2D eigenvalue weighted by atomic mass is 16.6. The Morgan fingerprint density at radius 2 is 0.774 bits per heavy atom. The summed E-state index contributed by atoms with van der Waals surface area (Å²) in [5, 5.41) is 32.9. The first-order valence-corrected chi connectivity index (χ1v) is 10.1. The molecule has 5 heteroatoms. The van der Waals surface area contributed by atoms with Gasteiger partial charge in [-0.1, -0.05) is 121 Å². The minimum Gasteiger partial charge on any atom is -0.402 e. The number of benzene rings is 4. The fourth-order valence-electron chi connectivity index (χ4n) is 4.24. The zero-order valence-electron chi connectivity index (χ0n) is 16.9. The van der Waals surface area contributed by atoms with E-state index in [9.17, 15) is 15.2 Å². The Morgan fingerprint density at radius 1 is 0.484 bits per heavy atom. The molecule has 0 radical (unpaired) electrons. The number of hydrogen-bond acceptors (Lipinski definition) is 4. The van der Waals surface area contributed by atoms with Crippen LogP contribution in [0.15, 0.2) is 121 Å². The molecular formula is C26H23BO4. The zero-order valence-corrected chi connectivity index (χ0v) is 16.9. The summed E-state index contributed by atoms with van der Waals surface area (Å²) in [5.74, 6) is 0. The van der Waals surface area contributed by atoms with E-state index in [1.165, 1.54) is 0 Å². The fraction of sp³-hybridized carbons (Fsp3) is 0.0769. The molecule has 0 aliphatic heterocycles. The lowest BCUT2D eigenvalue weighted by Crippen LogP contribution is -2.55. The van der Waals surface area contributed by atoms with Crippen LogP contribution in [0.5, 0.6) is 0 Å². The summed E-state index contributed by atoms with van der Waals surface area (Å²) in [4.78, 5) is 0. The Kier molecular flexibility index (Phi) is 6.02. The van der Waals surface area contributed by atoms with Crippen LogP contribution in [0, 0.1) is 0 Å². The molecule has 0 fully saturated rings. The van der Waals surface area contributed by atoms with Crippen LogP contribution in [-0.2, 0) is 15.9 Å². The van der Waals surface area contributed by atoms with Crippen LogP contribution in [0.2, 0.25) is 0 Å². The topological polar surface area (TPSA) is 69.9 Å². The summed E-state index contributed by atoms with van der Waals surface area (Å²) in [6.07, 6.45) is 0. The maximum atomic E-state index is 12.7. The second kappa shape index (κ2) is 8.88. The van der Waals surface area contributed by atoms with Crippen molar-refractivity contribution in [3.05, 3.63) is 144 Å². The van der Waals surface area contributed by atoms with E-state index in [1.807, 2.05) is 97.1 Å². The quantitative estimate of drug-likeness (QED) is 0.405. The maximum absolute atomic E-state index is 12.7. The van der Waals surface area contributed by atoms with Gasteiger partial charge in [0.1, 0.15) is 5.60 Å². The molecule has 4 aromatic carbocycles. The van der Waals surface area contributed by atoms with E-state index in [-0.39, 0.29) is 0 Å². The smallest absolute Gasteiger partial charge is 0.402 e. The minimum absolute atomic E-state index is 0.551. The second-order valence-corrected chi connectivity index (χ2v) is 7.30. The molecule has 4 nitrogen and oxygen atoms in total. The van der Waals surface area contributed by atoms with Crippen LogP contribution < -0.4 is 0 Å². The molecule has 31 heavy (non-hydrogen) atoms. The van der Waals surface area contributed by atoms with Gasteiger partial charge < -0.3 is 19.8 Å². The summed E-state index contributed by atoms with van der Waals surface area (Å²) >= 11 is 0. The molecule has 0 aliphatic carbocycles. The molecule has 0 saturated heterocycles. The van der Waals surface area contributed by atoms with E-state index in [0.29, 0.717) is 22.3 Å². The van der Waals surface area contributed by atoms with Gasteiger partial charge in [-0.15, -0.1) is 0 Å². The lowest BCUT2D eigenvalue weighted by Gasteiger charge is -2.48. The van der Waals surface area contributed by atoms with Gasteiger partial charge in [-0.3, -0.25) is 0 Å². The molecule has 4 aromatic rings. The van der Waals surface area contributed by atoms with E-state index in [1.54, 1.807) is 24.3 Å². The molecule has 0 unspecified atom stereocenters. The van der Waals surface area contributed by atoms with Crippen molar-refractivity contribution in [2.75, 3.05) is 0 Å². The molecule has 0 bridgehead atoms. The predicted octanol–water partition coefficient (Wildman–Crippen LogP) is 3.85. The lowest BCUT2D eigenvalue weighted by atomic mass is 9.65. The van der Waals surface area contributed by atoms with Gasteiger partial charge >= 0.3 is 7.32 Å². The molecule has 3 N–H and O–H groups in total. The van der Waals surface area contributed by atoms with Crippen molar-refractivity contribution in [2.45, 2.75) is 11.2 Å². The zero-order chi connectivity index (χ0) is 21.7. The van der Waals surface area contributed by atoms with Crippen molar-refractivity contribution >= 4 is 7.32 Å². The third-order valence-electron chi connectivity index (χ3n) is 5.54. The monoisotopic (exact) mass is 410 g/mol. The Labute approximate surface area is 182 Å². The minimum atomic E-state index is -2.14. The van der Waals surface area contributed by atoms with Crippen molar-refractivity contribution in [1.29, 1.82) is 0 Å². The summed E-state index contributed by atoms with van der Waals surface area (Å²) < 4.78 is 5.95. The first kappa shape index (κ1) is 21.0. The Hall–Kier alpha value is -3.22. The highest BCUT2D eigenvalue weighted by Crippen LogP contribution is 2.52. The van der Waals surface area contributed by atoms with Gasteiger partial charge in [0.25, 0.3) is 0 Å².